The number of rotatable bonds is 0. The smallest absolute Gasteiger partial charge is 0.255 e. The standard InChI is InChI=1S/C4H6N6O/c5-4-6-2-1(3(11)7-4)8-10-9-2/h1-2H,(H,8,9)(H3,5,6,7,11). The van der Waals surface area contributed by atoms with Crippen molar-refractivity contribution in [1.29, 1.82) is 0 Å². The zero-order valence-electron chi connectivity index (χ0n) is 5.48. The summed E-state index contributed by atoms with van der Waals surface area (Å²) in [6.07, 6.45) is -0.483. The summed E-state index contributed by atoms with van der Waals surface area (Å²) in [6, 6.07) is -0.484. The van der Waals surface area contributed by atoms with Crippen LogP contribution < -0.4 is 16.5 Å². The Labute approximate surface area is 61.7 Å². The van der Waals surface area contributed by atoms with E-state index in [2.05, 4.69) is 26.1 Å². The van der Waals surface area contributed by atoms with Gasteiger partial charge in [0.05, 0.1) is 0 Å². The molecular formula is C4H6N6O. The van der Waals surface area contributed by atoms with Gasteiger partial charge in [-0.05, 0) is 0 Å². The van der Waals surface area contributed by atoms with Gasteiger partial charge >= 0.3 is 0 Å². The lowest BCUT2D eigenvalue weighted by Crippen LogP contribution is -2.54. The van der Waals surface area contributed by atoms with E-state index in [0.717, 1.165) is 0 Å². The van der Waals surface area contributed by atoms with Gasteiger partial charge in [0, 0.05) is 0 Å². The summed E-state index contributed by atoms with van der Waals surface area (Å²) in [5.74, 6) is -0.147. The number of carbonyl (C=O) groups excluding carboxylic acids is 1. The summed E-state index contributed by atoms with van der Waals surface area (Å²) in [7, 11) is 0. The Bertz CT molecular complexity index is 257. The molecule has 0 aromatic heterocycles. The van der Waals surface area contributed by atoms with Crippen LogP contribution in [0, 0.1) is 0 Å². The third-order valence-corrected chi connectivity index (χ3v) is 1.48. The van der Waals surface area contributed by atoms with Crippen molar-refractivity contribution in [2.45, 2.75) is 12.2 Å². The Morgan fingerprint density at radius 3 is 3.18 bits per heavy atom. The average molecular weight is 154 g/mol. The first kappa shape index (κ1) is 6.08. The zero-order chi connectivity index (χ0) is 7.84. The number of fused-ring (bicyclic) bond motifs is 1. The van der Waals surface area contributed by atoms with Crippen molar-refractivity contribution in [3.63, 3.8) is 0 Å². The molecule has 2 atom stereocenters. The quantitative estimate of drug-likeness (QED) is 0.379. The molecule has 0 radical (unpaired) electrons. The predicted molar refractivity (Wildman–Crippen MR) is 35.3 cm³/mol. The van der Waals surface area contributed by atoms with Crippen molar-refractivity contribution in [3.05, 3.63) is 0 Å². The van der Waals surface area contributed by atoms with Gasteiger partial charge in [0.1, 0.15) is 0 Å². The fourth-order valence-corrected chi connectivity index (χ4v) is 0.961. The van der Waals surface area contributed by atoms with Crippen LogP contribution in [-0.2, 0) is 4.79 Å². The number of nitrogens with zero attached hydrogens (tertiary/aromatic N) is 3. The van der Waals surface area contributed by atoms with Crippen molar-refractivity contribution < 1.29 is 4.79 Å². The second-order valence-electron chi connectivity index (χ2n) is 2.24. The van der Waals surface area contributed by atoms with Crippen LogP contribution in [0.5, 0.6) is 0 Å². The fraction of sp³-hybridized carbons (Fsp3) is 0.500. The molecular weight excluding hydrogens is 148 g/mol. The minimum atomic E-state index is -0.484. The minimum Gasteiger partial charge on any atom is -0.370 e. The number of hydrogen-bond donors (Lipinski definition) is 3. The molecule has 2 aliphatic rings. The van der Waals surface area contributed by atoms with E-state index in [0.29, 0.717) is 0 Å². The lowest BCUT2D eigenvalue weighted by molar-refractivity contribution is -0.122. The average Bonchev–Trinajstić information content (AvgIpc) is 2.34. The number of nitrogens with two attached hydrogens (primary N) is 1. The molecule has 0 bridgehead atoms. The van der Waals surface area contributed by atoms with Crippen molar-refractivity contribution in [1.82, 2.24) is 10.7 Å². The normalized spacial score (nSPS) is 33.8. The molecule has 0 saturated heterocycles. The molecule has 7 heteroatoms. The summed E-state index contributed by atoms with van der Waals surface area (Å²) in [4.78, 5) is 14.9. The van der Waals surface area contributed by atoms with E-state index >= 15 is 0 Å². The summed E-state index contributed by atoms with van der Waals surface area (Å²) in [5.41, 5.74) is 7.78. The molecule has 4 N–H and O–H groups in total. The Hall–Kier alpha value is -1.66. The maximum atomic E-state index is 11.0. The first-order valence-corrected chi connectivity index (χ1v) is 3.07. The summed E-state index contributed by atoms with van der Waals surface area (Å²) < 4.78 is 0. The molecule has 1 amide bonds. The predicted octanol–water partition coefficient (Wildman–Crippen LogP) is -1.90. The van der Waals surface area contributed by atoms with Gasteiger partial charge in [-0.25, -0.2) is 4.99 Å². The second kappa shape index (κ2) is 1.91. The first-order chi connectivity index (χ1) is 5.27. The molecule has 2 rings (SSSR count). The molecule has 2 unspecified atom stereocenters. The van der Waals surface area contributed by atoms with Crippen LogP contribution in [0.2, 0.25) is 0 Å². The molecule has 0 aromatic carbocycles. The Morgan fingerprint density at radius 2 is 2.36 bits per heavy atom. The Morgan fingerprint density at radius 1 is 1.55 bits per heavy atom. The highest BCUT2D eigenvalue weighted by Crippen LogP contribution is 2.10. The molecule has 0 aromatic rings. The Kier molecular flexibility index (Phi) is 1.05. The van der Waals surface area contributed by atoms with Gasteiger partial charge in [-0.15, -0.1) is 5.11 Å². The molecule has 2 aliphatic heterocycles. The SMILES string of the molecule is NC1=NC2N=NNC2C(=O)N1. The summed E-state index contributed by atoms with van der Waals surface area (Å²) in [5, 5.41) is 9.47. The number of nitrogens with one attached hydrogen (secondary N) is 2. The molecule has 7 nitrogen and oxygen atoms in total. The highest BCUT2D eigenvalue weighted by atomic mass is 16.2. The van der Waals surface area contributed by atoms with E-state index in [4.69, 9.17) is 5.73 Å². The second-order valence-corrected chi connectivity index (χ2v) is 2.24. The van der Waals surface area contributed by atoms with Gasteiger partial charge in [0.2, 0.25) is 0 Å². The Balaban J connectivity index is 2.30. The van der Waals surface area contributed by atoms with Crippen LogP contribution in [0.15, 0.2) is 15.3 Å². The van der Waals surface area contributed by atoms with E-state index < -0.39 is 12.2 Å². The maximum Gasteiger partial charge on any atom is 0.255 e. The molecule has 0 fully saturated rings. The number of carbonyl (C=O) groups is 1. The van der Waals surface area contributed by atoms with E-state index in [-0.39, 0.29) is 11.9 Å². The van der Waals surface area contributed by atoms with Crippen LogP contribution in [-0.4, -0.2) is 24.1 Å². The number of guanidine groups is 1. The summed E-state index contributed by atoms with van der Waals surface area (Å²) >= 11 is 0. The molecule has 0 spiro atoms. The van der Waals surface area contributed by atoms with E-state index in [1.165, 1.54) is 0 Å². The van der Waals surface area contributed by atoms with E-state index in [1.807, 2.05) is 0 Å². The van der Waals surface area contributed by atoms with Gasteiger partial charge in [-0.2, -0.15) is 0 Å². The van der Waals surface area contributed by atoms with Crippen molar-refractivity contribution in [2.24, 2.45) is 21.1 Å². The van der Waals surface area contributed by atoms with Crippen molar-refractivity contribution in [2.75, 3.05) is 0 Å². The molecule has 2 heterocycles. The number of hydrogen-bond acceptors (Lipinski definition) is 6. The molecule has 11 heavy (non-hydrogen) atoms. The molecule has 58 valence electrons. The van der Waals surface area contributed by atoms with Crippen LogP contribution in [0.3, 0.4) is 0 Å². The monoisotopic (exact) mass is 154 g/mol. The van der Waals surface area contributed by atoms with Gasteiger partial charge in [0.15, 0.2) is 18.2 Å². The molecule has 0 saturated carbocycles. The van der Waals surface area contributed by atoms with Crippen LogP contribution in [0.25, 0.3) is 0 Å². The van der Waals surface area contributed by atoms with Crippen LogP contribution in [0.4, 0.5) is 0 Å². The highest BCUT2D eigenvalue weighted by Gasteiger charge is 2.35. The summed E-state index contributed by atoms with van der Waals surface area (Å²) in [6.45, 7) is 0. The van der Waals surface area contributed by atoms with Crippen LogP contribution >= 0.6 is 0 Å². The van der Waals surface area contributed by atoms with Crippen molar-refractivity contribution in [3.8, 4) is 0 Å². The molecule has 0 aliphatic carbocycles. The number of amides is 1. The third-order valence-electron chi connectivity index (χ3n) is 1.48. The van der Waals surface area contributed by atoms with Gasteiger partial charge < -0.3 is 5.73 Å². The van der Waals surface area contributed by atoms with Crippen LogP contribution in [0.1, 0.15) is 0 Å². The minimum absolute atomic E-state index is 0.0962. The topological polar surface area (TPSA) is 104 Å². The first-order valence-electron chi connectivity index (χ1n) is 3.07. The lowest BCUT2D eigenvalue weighted by atomic mass is 10.2. The zero-order valence-corrected chi connectivity index (χ0v) is 5.48. The van der Waals surface area contributed by atoms with E-state index in [1.54, 1.807) is 0 Å². The van der Waals surface area contributed by atoms with Gasteiger partial charge in [-0.3, -0.25) is 15.5 Å². The lowest BCUT2D eigenvalue weighted by Gasteiger charge is -2.18. The van der Waals surface area contributed by atoms with E-state index in [9.17, 15) is 4.79 Å². The largest absolute Gasteiger partial charge is 0.370 e. The maximum absolute atomic E-state index is 11.0. The number of aliphatic imine (C=N–C) groups is 1. The van der Waals surface area contributed by atoms with Gasteiger partial charge in [-0.1, -0.05) is 5.22 Å². The third kappa shape index (κ3) is 0.810. The fourth-order valence-electron chi connectivity index (χ4n) is 0.961. The van der Waals surface area contributed by atoms with Crippen molar-refractivity contribution >= 4 is 11.9 Å². The van der Waals surface area contributed by atoms with Gasteiger partial charge in [0.25, 0.3) is 5.91 Å². The highest BCUT2D eigenvalue weighted by molar-refractivity contribution is 6.01.